The second kappa shape index (κ2) is 3.66. The maximum absolute atomic E-state index is 5.86. The Morgan fingerprint density at radius 2 is 2.18 bits per heavy atom. The number of aromatic nitrogens is 2. The number of benzene rings is 1. The molecule has 3 rings (SSSR count). The summed E-state index contributed by atoms with van der Waals surface area (Å²) in [5.41, 5.74) is 9.28. The zero-order valence-electron chi connectivity index (χ0n) is 9.53. The lowest BCUT2D eigenvalue weighted by molar-refractivity contribution is 0.624. The van der Waals surface area contributed by atoms with Crippen molar-refractivity contribution in [2.45, 2.75) is 13.3 Å². The maximum atomic E-state index is 5.86. The number of nitrogens with zero attached hydrogens (tertiary/aromatic N) is 1. The predicted octanol–water partition coefficient (Wildman–Crippen LogP) is 2.97. The number of aryl methyl sites for hydroxylation is 1. The molecule has 1 aromatic carbocycles. The first-order valence-corrected chi connectivity index (χ1v) is 5.61. The number of nitrogens with one attached hydrogen (secondary N) is 1. The Bertz CT molecular complexity index is 666. The molecule has 0 radical (unpaired) electrons. The normalized spacial score (nSPS) is 11.1. The van der Waals surface area contributed by atoms with Gasteiger partial charge in [0.05, 0.1) is 11.9 Å². The SMILES string of the molecule is CCc1c(-c2[nH]ncc2N)oc2ccccc12. The van der Waals surface area contributed by atoms with Crippen LogP contribution in [0.25, 0.3) is 22.4 Å². The van der Waals surface area contributed by atoms with Crippen molar-refractivity contribution in [3.05, 3.63) is 36.0 Å². The van der Waals surface area contributed by atoms with Crippen LogP contribution in [0.2, 0.25) is 0 Å². The third kappa shape index (κ3) is 1.41. The van der Waals surface area contributed by atoms with Crippen molar-refractivity contribution >= 4 is 16.7 Å². The molecule has 0 aliphatic rings. The van der Waals surface area contributed by atoms with Crippen molar-refractivity contribution < 1.29 is 4.42 Å². The first-order chi connectivity index (χ1) is 8.31. The number of furan rings is 1. The molecule has 17 heavy (non-hydrogen) atoms. The molecule has 0 aliphatic heterocycles. The molecule has 3 N–H and O–H groups in total. The molecule has 0 fully saturated rings. The molecule has 0 unspecified atom stereocenters. The first-order valence-electron chi connectivity index (χ1n) is 5.61. The summed E-state index contributed by atoms with van der Waals surface area (Å²) in [5, 5.41) is 7.96. The second-order valence-corrected chi connectivity index (χ2v) is 3.96. The van der Waals surface area contributed by atoms with Crippen molar-refractivity contribution in [3.8, 4) is 11.5 Å². The van der Waals surface area contributed by atoms with Gasteiger partial charge in [0, 0.05) is 10.9 Å². The number of rotatable bonds is 2. The van der Waals surface area contributed by atoms with E-state index < -0.39 is 0 Å². The Kier molecular flexibility index (Phi) is 2.14. The lowest BCUT2D eigenvalue weighted by atomic mass is 10.1. The summed E-state index contributed by atoms with van der Waals surface area (Å²) in [6, 6.07) is 8.00. The summed E-state index contributed by atoms with van der Waals surface area (Å²) < 4.78 is 5.86. The quantitative estimate of drug-likeness (QED) is 0.707. The van der Waals surface area contributed by atoms with Gasteiger partial charge in [0.15, 0.2) is 5.76 Å². The summed E-state index contributed by atoms with van der Waals surface area (Å²) in [4.78, 5) is 0. The molecule has 0 bridgehead atoms. The van der Waals surface area contributed by atoms with E-state index in [0.29, 0.717) is 5.69 Å². The van der Waals surface area contributed by atoms with E-state index in [1.54, 1.807) is 6.20 Å². The van der Waals surface area contributed by atoms with Crippen molar-refractivity contribution in [2.24, 2.45) is 0 Å². The van der Waals surface area contributed by atoms with Gasteiger partial charge < -0.3 is 10.2 Å². The van der Waals surface area contributed by atoms with Crippen LogP contribution in [0.15, 0.2) is 34.9 Å². The number of hydrogen-bond donors (Lipinski definition) is 2. The summed E-state index contributed by atoms with van der Waals surface area (Å²) in [7, 11) is 0. The Labute approximate surface area is 98.4 Å². The summed E-state index contributed by atoms with van der Waals surface area (Å²) in [6.45, 7) is 2.10. The van der Waals surface area contributed by atoms with Crippen LogP contribution in [0.3, 0.4) is 0 Å². The van der Waals surface area contributed by atoms with Gasteiger partial charge >= 0.3 is 0 Å². The van der Waals surface area contributed by atoms with Crippen molar-refractivity contribution in [1.29, 1.82) is 0 Å². The standard InChI is InChI=1S/C13H13N3O/c1-2-8-9-5-3-4-6-11(9)17-13(8)12-10(14)7-15-16-12/h3-7H,2,14H2,1H3,(H,15,16). The van der Waals surface area contributed by atoms with Crippen LogP contribution in [0.5, 0.6) is 0 Å². The molecule has 4 nitrogen and oxygen atoms in total. The highest BCUT2D eigenvalue weighted by Gasteiger charge is 2.17. The van der Waals surface area contributed by atoms with Gasteiger partial charge in [-0.25, -0.2) is 0 Å². The molecule has 0 saturated heterocycles. The molecular formula is C13H13N3O. The smallest absolute Gasteiger partial charge is 0.158 e. The van der Waals surface area contributed by atoms with E-state index in [-0.39, 0.29) is 0 Å². The molecule has 86 valence electrons. The van der Waals surface area contributed by atoms with Gasteiger partial charge in [0.1, 0.15) is 11.3 Å². The molecular weight excluding hydrogens is 214 g/mol. The van der Waals surface area contributed by atoms with Crippen LogP contribution in [-0.2, 0) is 6.42 Å². The minimum Gasteiger partial charge on any atom is -0.454 e. The van der Waals surface area contributed by atoms with Gasteiger partial charge in [0.2, 0.25) is 0 Å². The van der Waals surface area contributed by atoms with Gasteiger partial charge in [-0.15, -0.1) is 0 Å². The number of H-pyrrole nitrogens is 1. The molecule has 0 spiro atoms. The van der Waals surface area contributed by atoms with Crippen LogP contribution in [-0.4, -0.2) is 10.2 Å². The summed E-state index contributed by atoms with van der Waals surface area (Å²) in [6.07, 6.45) is 2.49. The van der Waals surface area contributed by atoms with Crippen LogP contribution in [0, 0.1) is 0 Å². The number of nitrogens with two attached hydrogens (primary N) is 1. The molecule has 0 saturated carbocycles. The number of fused-ring (bicyclic) bond motifs is 1. The van der Waals surface area contributed by atoms with E-state index in [4.69, 9.17) is 10.2 Å². The number of nitrogen functional groups attached to an aromatic ring is 1. The fourth-order valence-electron chi connectivity index (χ4n) is 2.13. The fraction of sp³-hybridized carbons (Fsp3) is 0.154. The van der Waals surface area contributed by atoms with Gasteiger partial charge in [-0.3, -0.25) is 5.10 Å². The minimum atomic E-state index is 0.610. The van der Waals surface area contributed by atoms with Crippen molar-refractivity contribution in [1.82, 2.24) is 10.2 Å². The lowest BCUT2D eigenvalue weighted by Crippen LogP contribution is -1.88. The van der Waals surface area contributed by atoms with Gasteiger partial charge in [0.25, 0.3) is 0 Å². The lowest BCUT2D eigenvalue weighted by Gasteiger charge is -1.98. The van der Waals surface area contributed by atoms with Crippen LogP contribution in [0.4, 0.5) is 5.69 Å². The minimum absolute atomic E-state index is 0.610. The van der Waals surface area contributed by atoms with E-state index in [1.165, 1.54) is 0 Å². The average Bonchev–Trinajstić information content (AvgIpc) is 2.91. The molecule has 2 heterocycles. The Morgan fingerprint density at radius 3 is 2.88 bits per heavy atom. The molecule has 3 aromatic rings. The number of para-hydroxylation sites is 1. The first kappa shape index (κ1) is 9.96. The summed E-state index contributed by atoms with van der Waals surface area (Å²) >= 11 is 0. The zero-order valence-corrected chi connectivity index (χ0v) is 9.53. The van der Waals surface area contributed by atoms with Gasteiger partial charge in [-0.2, -0.15) is 5.10 Å². The van der Waals surface area contributed by atoms with E-state index in [1.807, 2.05) is 18.2 Å². The highest BCUT2D eigenvalue weighted by atomic mass is 16.3. The van der Waals surface area contributed by atoms with E-state index in [0.717, 1.165) is 34.4 Å². The van der Waals surface area contributed by atoms with Crippen LogP contribution < -0.4 is 5.73 Å². The van der Waals surface area contributed by atoms with Crippen LogP contribution >= 0.6 is 0 Å². The second-order valence-electron chi connectivity index (χ2n) is 3.96. The monoisotopic (exact) mass is 227 g/mol. The fourth-order valence-corrected chi connectivity index (χ4v) is 2.13. The predicted molar refractivity (Wildman–Crippen MR) is 67.6 cm³/mol. The molecule has 0 amide bonds. The molecule has 0 atom stereocenters. The van der Waals surface area contributed by atoms with E-state index in [2.05, 4.69) is 23.2 Å². The molecule has 2 aromatic heterocycles. The van der Waals surface area contributed by atoms with Crippen LogP contribution in [0.1, 0.15) is 12.5 Å². The third-order valence-electron chi connectivity index (χ3n) is 2.95. The number of aromatic amines is 1. The number of anilines is 1. The highest BCUT2D eigenvalue weighted by Crippen LogP contribution is 2.35. The Morgan fingerprint density at radius 1 is 1.35 bits per heavy atom. The van der Waals surface area contributed by atoms with Gasteiger partial charge in [-0.1, -0.05) is 25.1 Å². The van der Waals surface area contributed by atoms with E-state index >= 15 is 0 Å². The highest BCUT2D eigenvalue weighted by molar-refractivity contribution is 5.89. The molecule has 0 aliphatic carbocycles. The average molecular weight is 227 g/mol. The van der Waals surface area contributed by atoms with Crippen molar-refractivity contribution in [2.75, 3.05) is 5.73 Å². The van der Waals surface area contributed by atoms with Gasteiger partial charge in [-0.05, 0) is 12.5 Å². The van der Waals surface area contributed by atoms with E-state index in [9.17, 15) is 0 Å². The third-order valence-corrected chi connectivity index (χ3v) is 2.95. The largest absolute Gasteiger partial charge is 0.454 e. The number of hydrogen-bond acceptors (Lipinski definition) is 3. The Balaban J connectivity index is 2.33. The zero-order chi connectivity index (χ0) is 11.8. The Hall–Kier alpha value is -2.23. The topological polar surface area (TPSA) is 67.8 Å². The maximum Gasteiger partial charge on any atom is 0.158 e. The van der Waals surface area contributed by atoms with Crippen molar-refractivity contribution in [3.63, 3.8) is 0 Å². The summed E-state index contributed by atoms with van der Waals surface area (Å²) in [5.74, 6) is 0.795. The molecule has 4 heteroatoms.